The number of aromatic nitrogens is 2. The number of rotatable bonds is 10. The van der Waals surface area contributed by atoms with Gasteiger partial charge < -0.3 is 20.5 Å². The second kappa shape index (κ2) is 13.4. The molecule has 0 aliphatic carbocycles. The van der Waals surface area contributed by atoms with Gasteiger partial charge in [-0.2, -0.15) is 0 Å². The maximum absolute atomic E-state index is 14.6. The van der Waals surface area contributed by atoms with Crippen molar-refractivity contribution in [1.29, 1.82) is 0 Å². The van der Waals surface area contributed by atoms with Crippen molar-refractivity contribution in [3.8, 4) is 39.7 Å². The molecule has 0 aliphatic rings. The van der Waals surface area contributed by atoms with Crippen LogP contribution in [0.1, 0.15) is 39.4 Å². The lowest BCUT2D eigenvalue weighted by atomic mass is 10.0. The quantitative estimate of drug-likeness (QED) is 0.159. The molecule has 0 spiro atoms. The minimum Gasteiger partial charge on any atom is -0.494 e. The van der Waals surface area contributed by atoms with Crippen molar-refractivity contribution >= 4 is 33.2 Å². The number of amides is 2. The fourth-order valence-corrected chi connectivity index (χ4v) is 6.60. The first-order chi connectivity index (χ1) is 22.0. The third-order valence-corrected chi connectivity index (χ3v) is 8.76. The highest BCUT2D eigenvalue weighted by Gasteiger charge is 2.30. The summed E-state index contributed by atoms with van der Waals surface area (Å²) in [5.41, 5.74) is 3.50. The highest BCUT2D eigenvalue weighted by atomic mass is 32.2. The van der Waals surface area contributed by atoms with Crippen LogP contribution in [0.15, 0.2) is 102 Å². The number of ether oxygens (including phenoxy) is 1. The zero-order chi connectivity index (χ0) is 33.0. The van der Waals surface area contributed by atoms with Gasteiger partial charge in [-0.05, 0) is 74.0 Å². The van der Waals surface area contributed by atoms with E-state index in [1.807, 2.05) is 6.92 Å². The molecule has 5 aromatic rings. The van der Waals surface area contributed by atoms with E-state index in [2.05, 4.69) is 10.6 Å². The molecule has 1 unspecified atom stereocenters. The van der Waals surface area contributed by atoms with Crippen molar-refractivity contribution in [2.75, 3.05) is 17.2 Å². The summed E-state index contributed by atoms with van der Waals surface area (Å²) in [6, 6.07) is 27.0. The maximum Gasteiger partial charge on any atom is 0.270 e. The first kappa shape index (κ1) is 32.1. The number of nitrogens with zero attached hydrogens (tertiary/aromatic N) is 2. The van der Waals surface area contributed by atoms with Gasteiger partial charge in [0.05, 0.1) is 29.0 Å². The van der Waals surface area contributed by atoms with Crippen molar-refractivity contribution in [1.82, 2.24) is 8.96 Å². The van der Waals surface area contributed by atoms with Gasteiger partial charge in [0, 0.05) is 41.9 Å². The van der Waals surface area contributed by atoms with Crippen LogP contribution in [0.25, 0.3) is 33.9 Å². The molecule has 0 bridgehead atoms. The summed E-state index contributed by atoms with van der Waals surface area (Å²) in [6.45, 7) is 6.70. The number of hydrogen-bond donors (Lipinski definition) is 3. The number of imidazole rings is 1. The molecule has 1 atom stereocenters. The number of nitrogens with one attached hydrogen (secondary N) is 2. The topological polar surface area (TPSA) is 140 Å². The van der Waals surface area contributed by atoms with E-state index in [0.29, 0.717) is 51.7 Å². The average Bonchev–Trinajstić information content (AvgIpc) is 3.43. The van der Waals surface area contributed by atoms with Crippen molar-refractivity contribution < 1.29 is 27.9 Å². The number of aliphatic hydroxyl groups is 1. The van der Waals surface area contributed by atoms with Crippen LogP contribution in [0.5, 0.6) is 5.75 Å². The van der Waals surface area contributed by atoms with E-state index in [1.54, 1.807) is 91.9 Å². The molecule has 0 saturated carbocycles. The predicted octanol–water partition coefficient (Wildman–Crippen LogP) is 6.49. The third kappa shape index (κ3) is 6.85. The monoisotopic (exact) mass is 638 g/mol. The average molecular weight is 639 g/mol. The molecule has 4 aromatic carbocycles. The Morgan fingerprint density at radius 3 is 1.91 bits per heavy atom. The molecule has 3 N–H and O–H groups in total. The van der Waals surface area contributed by atoms with Gasteiger partial charge in [0.1, 0.15) is 5.75 Å². The van der Waals surface area contributed by atoms with E-state index < -0.39 is 16.1 Å². The fourth-order valence-electron chi connectivity index (χ4n) is 5.08. The Bertz CT molecular complexity index is 1950. The van der Waals surface area contributed by atoms with E-state index in [4.69, 9.17) is 9.72 Å². The van der Waals surface area contributed by atoms with Gasteiger partial charge in [-0.15, -0.1) is 0 Å². The van der Waals surface area contributed by atoms with Gasteiger partial charge in [-0.1, -0.05) is 42.5 Å². The lowest BCUT2D eigenvalue weighted by molar-refractivity contribution is -0.115. The highest BCUT2D eigenvalue weighted by Crippen LogP contribution is 2.40. The summed E-state index contributed by atoms with van der Waals surface area (Å²) in [6.07, 6.45) is -0.699. The first-order valence-corrected chi connectivity index (χ1v) is 16.1. The summed E-state index contributed by atoms with van der Waals surface area (Å²) >= 11 is 0. The van der Waals surface area contributed by atoms with Crippen LogP contribution < -0.4 is 15.4 Å². The van der Waals surface area contributed by atoms with Crippen LogP contribution >= 0.6 is 0 Å². The molecule has 5 rings (SSSR count). The molecule has 0 aliphatic heterocycles. The molecule has 0 saturated heterocycles. The van der Waals surface area contributed by atoms with Crippen molar-refractivity contribution in [2.45, 2.75) is 38.7 Å². The Labute approximate surface area is 267 Å². The molecule has 46 heavy (non-hydrogen) atoms. The fraction of sp³-hybridized carbons (Fsp3) is 0.171. The molecule has 10 nitrogen and oxygen atoms in total. The maximum atomic E-state index is 14.6. The SMILES string of the molecule is CCOc1ccc(-c2c(-c3ccc(C(C)O)cc3)nc(-c3cc(NC(C)=O)cc(NC(C)=O)c3)n2S(=O)(=O)c2ccccc2)cc1. The second-order valence-electron chi connectivity index (χ2n) is 10.6. The summed E-state index contributed by atoms with van der Waals surface area (Å²) in [7, 11) is -4.29. The standard InChI is InChI=1S/C35H34N4O6S/c1-5-45-31-17-15-27(16-18-31)34-33(26-13-11-25(12-14-26)22(2)40)38-35(39(34)46(43,44)32-9-7-6-8-10-32)28-19-29(36-23(3)41)21-30(20-28)37-24(4)42/h6-22,40H,5H2,1-4H3,(H,36,41)(H,37,42). The van der Waals surface area contributed by atoms with Crippen LogP contribution in [0, 0.1) is 0 Å². The lowest BCUT2D eigenvalue weighted by Gasteiger charge is -2.16. The number of carbonyl (C=O) groups is 2. The normalized spacial score (nSPS) is 11.9. The smallest absolute Gasteiger partial charge is 0.270 e. The van der Waals surface area contributed by atoms with E-state index in [9.17, 15) is 23.1 Å². The van der Waals surface area contributed by atoms with E-state index in [0.717, 1.165) is 0 Å². The molecule has 1 heterocycles. The number of aliphatic hydroxyl groups excluding tert-OH is 1. The number of anilines is 2. The van der Waals surface area contributed by atoms with Crippen molar-refractivity contribution in [3.05, 3.63) is 103 Å². The Morgan fingerprint density at radius 1 is 0.826 bits per heavy atom. The van der Waals surface area contributed by atoms with Crippen molar-refractivity contribution in [2.24, 2.45) is 0 Å². The molecule has 11 heteroatoms. The van der Waals surface area contributed by atoms with E-state index in [-0.39, 0.29) is 28.2 Å². The molecule has 236 valence electrons. The molecular weight excluding hydrogens is 604 g/mol. The van der Waals surface area contributed by atoms with Gasteiger partial charge in [0.2, 0.25) is 11.8 Å². The Kier molecular flexibility index (Phi) is 9.36. The van der Waals surface area contributed by atoms with Gasteiger partial charge in [0.25, 0.3) is 10.0 Å². The van der Waals surface area contributed by atoms with Crippen molar-refractivity contribution in [3.63, 3.8) is 0 Å². The van der Waals surface area contributed by atoms with Crippen LogP contribution in [-0.4, -0.2) is 40.9 Å². The predicted molar refractivity (Wildman–Crippen MR) is 178 cm³/mol. The van der Waals surface area contributed by atoms with Crippen LogP contribution in [-0.2, 0) is 19.6 Å². The summed E-state index contributed by atoms with van der Waals surface area (Å²) < 4.78 is 36.1. The Balaban J connectivity index is 1.89. The lowest BCUT2D eigenvalue weighted by Crippen LogP contribution is -2.16. The number of benzene rings is 4. The molecule has 1 aromatic heterocycles. The van der Waals surface area contributed by atoms with E-state index in [1.165, 1.54) is 30.0 Å². The third-order valence-electron chi connectivity index (χ3n) is 7.06. The van der Waals surface area contributed by atoms with Gasteiger partial charge in [0.15, 0.2) is 5.82 Å². The minimum absolute atomic E-state index is 0.0388. The summed E-state index contributed by atoms with van der Waals surface area (Å²) in [5.74, 6) is -0.0179. The van der Waals surface area contributed by atoms with Crippen LogP contribution in [0.2, 0.25) is 0 Å². The first-order valence-electron chi connectivity index (χ1n) is 14.6. The summed E-state index contributed by atoms with van der Waals surface area (Å²) in [5, 5.41) is 15.6. The Hall–Kier alpha value is -5.26. The molecule has 2 amide bonds. The summed E-state index contributed by atoms with van der Waals surface area (Å²) in [4.78, 5) is 29.1. The molecule has 0 radical (unpaired) electrons. The molecule has 0 fully saturated rings. The number of hydrogen-bond acceptors (Lipinski definition) is 7. The molecular formula is C35H34N4O6S. The van der Waals surface area contributed by atoms with Gasteiger partial charge in [-0.3, -0.25) is 9.59 Å². The number of carbonyl (C=O) groups excluding carboxylic acids is 2. The van der Waals surface area contributed by atoms with Crippen LogP contribution in [0.3, 0.4) is 0 Å². The minimum atomic E-state index is -4.29. The van der Waals surface area contributed by atoms with E-state index >= 15 is 0 Å². The van der Waals surface area contributed by atoms with Gasteiger partial charge in [-0.25, -0.2) is 17.4 Å². The van der Waals surface area contributed by atoms with Crippen LogP contribution in [0.4, 0.5) is 11.4 Å². The largest absolute Gasteiger partial charge is 0.494 e. The highest BCUT2D eigenvalue weighted by molar-refractivity contribution is 7.90. The second-order valence-corrected chi connectivity index (χ2v) is 12.4. The Morgan fingerprint density at radius 2 is 1.39 bits per heavy atom. The zero-order valence-electron chi connectivity index (χ0n) is 25.8. The zero-order valence-corrected chi connectivity index (χ0v) is 26.6. The van der Waals surface area contributed by atoms with Gasteiger partial charge >= 0.3 is 0 Å².